The van der Waals surface area contributed by atoms with Gasteiger partial charge in [0.25, 0.3) is 0 Å². The normalized spacial score (nSPS) is 13.7. The van der Waals surface area contributed by atoms with Crippen LogP contribution in [0.4, 0.5) is 9.18 Å². The van der Waals surface area contributed by atoms with Crippen LogP contribution >= 0.6 is 0 Å². The molecule has 2 aromatic carbocycles. The number of nitrogens with one attached hydrogen (secondary N) is 1. The van der Waals surface area contributed by atoms with Gasteiger partial charge in [-0.2, -0.15) is 0 Å². The average molecular weight is 386 g/mol. The van der Waals surface area contributed by atoms with Gasteiger partial charge in [-0.15, -0.1) is 0 Å². The third kappa shape index (κ3) is 4.06. The monoisotopic (exact) mass is 386 g/mol. The van der Waals surface area contributed by atoms with E-state index in [0.717, 1.165) is 17.5 Å². The number of methoxy groups -OCH3 is 2. The first-order valence-corrected chi connectivity index (χ1v) is 9.37. The Kier molecular flexibility index (Phi) is 5.77. The SMILES string of the molecule is COc1cc2c(cc1OC)CN(C(=O)NCC(C)(C)c1ccccc1F)CC2. The van der Waals surface area contributed by atoms with Crippen molar-refractivity contribution in [2.45, 2.75) is 32.2 Å². The van der Waals surface area contributed by atoms with Gasteiger partial charge in [0, 0.05) is 25.0 Å². The summed E-state index contributed by atoms with van der Waals surface area (Å²) in [6, 6.07) is 10.4. The third-order valence-electron chi connectivity index (χ3n) is 5.29. The van der Waals surface area contributed by atoms with Gasteiger partial charge in [-0.05, 0) is 41.3 Å². The van der Waals surface area contributed by atoms with Gasteiger partial charge in [0.2, 0.25) is 0 Å². The van der Waals surface area contributed by atoms with Gasteiger partial charge >= 0.3 is 6.03 Å². The number of hydrogen-bond acceptors (Lipinski definition) is 3. The van der Waals surface area contributed by atoms with Gasteiger partial charge in [0.1, 0.15) is 5.82 Å². The van der Waals surface area contributed by atoms with E-state index in [-0.39, 0.29) is 11.8 Å². The minimum Gasteiger partial charge on any atom is -0.493 e. The molecule has 6 heteroatoms. The van der Waals surface area contributed by atoms with Crippen LogP contribution in [-0.4, -0.2) is 38.2 Å². The van der Waals surface area contributed by atoms with E-state index in [0.29, 0.717) is 36.7 Å². The van der Waals surface area contributed by atoms with Gasteiger partial charge in [-0.25, -0.2) is 9.18 Å². The Hall–Kier alpha value is -2.76. The lowest BCUT2D eigenvalue weighted by molar-refractivity contribution is 0.189. The van der Waals surface area contributed by atoms with Gasteiger partial charge in [0.05, 0.1) is 14.2 Å². The summed E-state index contributed by atoms with van der Waals surface area (Å²) >= 11 is 0. The molecule has 1 heterocycles. The number of fused-ring (bicyclic) bond motifs is 1. The molecule has 150 valence electrons. The predicted molar refractivity (Wildman–Crippen MR) is 106 cm³/mol. The molecule has 1 aliphatic heterocycles. The molecule has 1 aliphatic rings. The zero-order chi connectivity index (χ0) is 20.3. The molecule has 2 amide bonds. The topological polar surface area (TPSA) is 50.8 Å². The molecule has 0 spiro atoms. The highest BCUT2D eigenvalue weighted by Crippen LogP contribution is 2.33. The number of nitrogens with zero attached hydrogens (tertiary/aromatic N) is 1. The Morgan fingerprint density at radius 2 is 1.79 bits per heavy atom. The molecular weight excluding hydrogens is 359 g/mol. The van der Waals surface area contributed by atoms with Crippen LogP contribution in [-0.2, 0) is 18.4 Å². The predicted octanol–water partition coefficient (Wildman–Crippen LogP) is 3.89. The van der Waals surface area contributed by atoms with Crippen molar-refractivity contribution in [3.63, 3.8) is 0 Å². The Bertz CT molecular complexity index is 867. The van der Waals surface area contributed by atoms with Crippen molar-refractivity contribution < 1.29 is 18.7 Å². The summed E-state index contributed by atoms with van der Waals surface area (Å²) in [5.74, 6) is 1.10. The van der Waals surface area contributed by atoms with E-state index in [4.69, 9.17) is 9.47 Å². The van der Waals surface area contributed by atoms with E-state index in [2.05, 4.69) is 5.32 Å². The van der Waals surface area contributed by atoms with Gasteiger partial charge in [-0.1, -0.05) is 32.0 Å². The Labute approximate surface area is 165 Å². The first kappa shape index (κ1) is 20.0. The maximum Gasteiger partial charge on any atom is 0.317 e. The number of rotatable bonds is 5. The number of carbonyl (C=O) groups is 1. The Morgan fingerprint density at radius 3 is 2.43 bits per heavy atom. The molecule has 28 heavy (non-hydrogen) atoms. The second-order valence-electron chi connectivity index (χ2n) is 7.67. The first-order chi connectivity index (χ1) is 13.4. The molecule has 0 radical (unpaired) electrons. The summed E-state index contributed by atoms with van der Waals surface area (Å²) in [5, 5.41) is 2.96. The lowest BCUT2D eigenvalue weighted by Gasteiger charge is -2.32. The van der Waals surface area contributed by atoms with E-state index >= 15 is 0 Å². The Morgan fingerprint density at radius 1 is 1.14 bits per heavy atom. The van der Waals surface area contributed by atoms with Crippen molar-refractivity contribution in [2.75, 3.05) is 27.3 Å². The van der Waals surface area contributed by atoms with Crippen molar-refractivity contribution in [1.29, 1.82) is 0 Å². The number of ether oxygens (including phenoxy) is 2. The van der Waals surface area contributed by atoms with Crippen LogP contribution in [0.1, 0.15) is 30.5 Å². The van der Waals surface area contributed by atoms with Crippen molar-refractivity contribution in [3.05, 3.63) is 58.9 Å². The van der Waals surface area contributed by atoms with Crippen molar-refractivity contribution >= 4 is 6.03 Å². The first-order valence-electron chi connectivity index (χ1n) is 9.37. The molecule has 0 saturated carbocycles. The summed E-state index contributed by atoms with van der Waals surface area (Å²) in [7, 11) is 3.21. The highest BCUT2D eigenvalue weighted by atomic mass is 19.1. The van der Waals surface area contributed by atoms with Crippen LogP contribution in [0.2, 0.25) is 0 Å². The molecule has 0 bridgehead atoms. The fourth-order valence-corrected chi connectivity index (χ4v) is 3.57. The number of benzene rings is 2. The second-order valence-corrected chi connectivity index (χ2v) is 7.67. The molecule has 3 rings (SSSR count). The number of carbonyl (C=O) groups excluding carboxylic acids is 1. The fraction of sp³-hybridized carbons (Fsp3) is 0.409. The molecule has 0 unspecified atom stereocenters. The maximum absolute atomic E-state index is 14.1. The lowest BCUT2D eigenvalue weighted by Crippen LogP contribution is -2.46. The summed E-state index contributed by atoms with van der Waals surface area (Å²) in [6.07, 6.45) is 0.750. The van der Waals surface area contributed by atoms with Crippen LogP contribution in [0.3, 0.4) is 0 Å². The molecule has 0 aliphatic carbocycles. The molecule has 1 N–H and O–H groups in total. The molecule has 0 atom stereocenters. The molecular formula is C22H27FN2O3. The quantitative estimate of drug-likeness (QED) is 0.848. The molecule has 0 aromatic heterocycles. The average Bonchev–Trinajstić information content (AvgIpc) is 2.70. The van der Waals surface area contributed by atoms with Gasteiger partial charge in [-0.3, -0.25) is 0 Å². The van der Waals surface area contributed by atoms with Crippen LogP contribution in [0.25, 0.3) is 0 Å². The van der Waals surface area contributed by atoms with Crippen LogP contribution in [0.5, 0.6) is 11.5 Å². The van der Waals surface area contributed by atoms with Crippen molar-refractivity contribution in [1.82, 2.24) is 10.2 Å². The zero-order valence-corrected chi connectivity index (χ0v) is 16.8. The summed E-state index contributed by atoms with van der Waals surface area (Å²) in [4.78, 5) is 14.5. The molecule has 2 aromatic rings. The lowest BCUT2D eigenvalue weighted by atomic mass is 9.84. The molecule has 0 fully saturated rings. The summed E-state index contributed by atoms with van der Waals surface area (Å²) in [6.45, 7) is 5.32. The summed E-state index contributed by atoms with van der Waals surface area (Å²) < 4.78 is 24.8. The van der Waals surface area contributed by atoms with Gasteiger partial charge in [0.15, 0.2) is 11.5 Å². The van der Waals surface area contributed by atoms with E-state index < -0.39 is 5.41 Å². The van der Waals surface area contributed by atoms with Crippen molar-refractivity contribution in [3.8, 4) is 11.5 Å². The van der Waals surface area contributed by atoms with Crippen LogP contribution in [0.15, 0.2) is 36.4 Å². The van der Waals surface area contributed by atoms with Crippen LogP contribution in [0, 0.1) is 5.82 Å². The minimum atomic E-state index is -0.509. The summed E-state index contributed by atoms with van der Waals surface area (Å²) in [5.41, 5.74) is 2.29. The standard InChI is InChI=1S/C22H27FN2O3/c1-22(2,17-7-5-6-8-18(17)23)14-24-21(26)25-10-9-15-11-19(27-3)20(28-4)12-16(15)13-25/h5-8,11-12H,9-10,13-14H2,1-4H3,(H,24,26). The number of hydrogen-bond donors (Lipinski definition) is 1. The second kappa shape index (κ2) is 8.09. The molecule has 0 saturated heterocycles. The van der Waals surface area contributed by atoms with E-state index in [1.807, 2.05) is 32.0 Å². The number of urea groups is 1. The zero-order valence-electron chi connectivity index (χ0n) is 16.8. The Balaban J connectivity index is 1.67. The highest BCUT2D eigenvalue weighted by molar-refractivity contribution is 5.75. The largest absolute Gasteiger partial charge is 0.493 e. The van der Waals surface area contributed by atoms with E-state index in [1.165, 1.54) is 6.07 Å². The third-order valence-corrected chi connectivity index (χ3v) is 5.29. The fourth-order valence-electron chi connectivity index (χ4n) is 3.57. The van der Waals surface area contributed by atoms with E-state index in [1.54, 1.807) is 31.3 Å². The highest BCUT2D eigenvalue weighted by Gasteiger charge is 2.27. The van der Waals surface area contributed by atoms with Gasteiger partial charge < -0.3 is 19.7 Å². The molecule has 5 nitrogen and oxygen atoms in total. The maximum atomic E-state index is 14.1. The van der Waals surface area contributed by atoms with Crippen LogP contribution < -0.4 is 14.8 Å². The smallest absolute Gasteiger partial charge is 0.317 e. The number of amides is 2. The van der Waals surface area contributed by atoms with E-state index in [9.17, 15) is 9.18 Å². The minimum absolute atomic E-state index is 0.148. The van der Waals surface area contributed by atoms with Crippen molar-refractivity contribution in [2.24, 2.45) is 0 Å². The number of halogens is 1.